The predicted molar refractivity (Wildman–Crippen MR) is 101 cm³/mol. The molecule has 0 spiro atoms. The number of rotatable bonds is 6. The molecule has 0 radical (unpaired) electrons. The zero-order valence-corrected chi connectivity index (χ0v) is 14.6. The van der Waals surface area contributed by atoms with Gasteiger partial charge in [-0.15, -0.1) is 0 Å². The fourth-order valence-electron chi connectivity index (χ4n) is 3.08. The van der Waals surface area contributed by atoms with Crippen molar-refractivity contribution in [1.29, 1.82) is 0 Å². The highest BCUT2D eigenvalue weighted by Gasteiger charge is 2.12. The fourth-order valence-corrected chi connectivity index (χ4v) is 3.08. The number of carbonyl (C=O) groups is 1. The lowest BCUT2D eigenvalue weighted by molar-refractivity contribution is 0.240. The second kappa shape index (κ2) is 9.06. The Kier molecular flexibility index (Phi) is 6.26. The maximum Gasteiger partial charge on any atom is 0.315 e. The number of nitrogens with zero attached hydrogens (tertiary/aromatic N) is 2. The molecule has 1 aromatic heterocycles. The van der Waals surface area contributed by atoms with E-state index in [0.717, 1.165) is 30.9 Å². The molecule has 1 fully saturated rings. The molecule has 1 aliphatic heterocycles. The van der Waals surface area contributed by atoms with Crippen molar-refractivity contribution >= 4 is 11.8 Å². The molecule has 5 heteroatoms. The summed E-state index contributed by atoms with van der Waals surface area (Å²) >= 11 is 0. The van der Waals surface area contributed by atoms with E-state index in [1.807, 2.05) is 30.5 Å². The number of nitrogens with one attached hydrogen (secondary N) is 2. The summed E-state index contributed by atoms with van der Waals surface area (Å²) in [6, 6.07) is 14.1. The van der Waals surface area contributed by atoms with E-state index < -0.39 is 0 Å². The van der Waals surface area contributed by atoms with E-state index in [-0.39, 0.29) is 6.03 Å². The average molecular weight is 338 g/mol. The summed E-state index contributed by atoms with van der Waals surface area (Å²) in [7, 11) is 0. The van der Waals surface area contributed by atoms with Crippen LogP contribution in [0.1, 0.15) is 30.4 Å². The maximum absolute atomic E-state index is 11.9. The molecule has 3 rings (SSSR count). The Labute approximate surface area is 149 Å². The molecule has 0 aliphatic carbocycles. The van der Waals surface area contributed by atoms with Crippen LogP contribution in [0.3, 0.4) is 0 Å². The molecule has 2 amide bonds. The predicted octanol–water partition coefficient (Wildman–Crippen LogP) is 3.11. The third kappa shape index (κ3) is 5.48. The molecule has 0 unspecified atom stereocenters. The van der Waals surface area contributed by atoms with Crippen molar-refractivity contribution in [2.45, 2.75) is 32.2 Å². The lowest BCUT2D eigenvalue weighted by atomic mass is 10.1. The number of carbonyl (C=O) groups excluding carboxylic acids is 1. The van der Waals surface area contributed by atoms with Crippen LogP contribution >= 0.6 is 0 Å². The minimum atomic E-state index is -0.132. The molecule has 2 heterocycles. The van der Waals surface area contributed by atoms with Gasteiger partial charge >= 0.3 is 6.03 Å². The van der Waals surface area contributed by atoms with Crippen LogP contribution in [0, 0.1) is 0 Å². The van der Waals surface area contributed by atoms with Gasteiger partial charge in [-0.2, -0.15) is 0 Å². The van der Waals surface area contributed by atoms with Gasteiger partial charge in [0.15, 0.2) is 0 Å². The summed E-state index contributed by atoms with van der Waals surface area (Å²) in [6.45, 7) is 3.29. The van der Waals surface area contributed by atoms with E-state index >= 15 is 0 Å². The molecule has 5 nitrogen and oxygen atoms in total. The van der Waals surface area contributed by atoms with Gasteiger partial charge in [-0.05, 0) is 48.9 Å². The van der Waals surface area contributed by atoms with Crippen LogP contribution in [-0.2, 0) is 13.0 Å². The molecule has 0 saturated carbocycles. The number of hydrogen-bond acceptors (Lipinski definition) is 3. The van der Waals surface area contributed by atoms with Gasteiger partial charge in [-0.1, -0.05) is 30.3 Å². The maximum atomic E-state index is 11.9. The summed E-state index contributed by atoms with van der Waals surface area (Å²) in [5.74, 6) is 1.02. The molecule has 132 valence electrons. The smallest absolute Gasteiger partial charge is 0.315 e. The third-order valence-electron chi connectivity index (χ3n) is 4.49. The molecule has 2 aromatic rings. The largest absolute Gasteiger partial charge is 0.357 e. The van der Waals surface area contributed by atoms with Gasteiger partial charge in [0.25, 0.3) is 0 Å². The first-order chi connectivity index (χ1) is 12.3. The van der Waals surface area contributed by atoms with Crippen LogP contribution in [0.5, 0.6) is 0 Å². The number of aromatic nitrogens is 1. The van der Waals surface area contributed by atoms with Crippen LogP contribution < -0.4 is 15.5 Å². The quantitative estimate of drug-likeness (QED) is 0.851. The molecule has 25 heavy (non-hydrogen) atoms. The summed E-state index contributed by atoms with van der Waals surface area (Å²) < 4.78 is 0. The zero-order chi connectivity index (χ0) is 17.3. The minimum Gasteiger partial charge on any atom is -0.357 e. The van der Waals surface area contributed by atoms with Crippen LogP contribution in [0.25, 0.3) is 0 Å². The highest BCUT2D eigenvalue weighted by Crippen LogP contribution is 2.18. The molecular formula is C20H26N4O. The second-order valence-corrected chi connectivity index (χ2v) is 6.42. The van der Waals surface area contributed by atoms with E-state index in [0.29, 0.717) is 13.1 Å². The number of pyridine rings is 1. The first kappa shape index (κ1) is 17.3. The van der Waals surface area contributed by atoms with Crippen LogP contribution in [0.15, 0.2) is 48.7 Å². The number of anilines is 1. The Hall–Kier alpha value is -2.56. The Morgan fingerprint density at radius 1 is 1.00 bits per heavy atom. The molecule has 1 aliphatic rings. The van der Waals surface area contributed by atoms with E-state index in [1.54, 1.807) is 0 Å². The standard InChI is InChI=1S/C20H26N4O/c25-20(22-12-9-17-7-3-1-4-8-17)23-16-18-10-11-21-19(15-18)24-13-5-2-6-14-24/h1,3-4,7-8,10-11,15H,2,5-6,9,12-14,16H2,(H2,22,23,25). The van der Waals surface area contributed by atoms with Crippen molar-refractivity contribution in [2.75, 3.05) is 24.5 Å². The third-order valence-corrected chi connectivity index (χ3v) is 4.49. The average Bonchev–Trinajstić information content (AvgIpc) is 2.68. The number of benzene rings is 1. The minimum absolute atomic E-state index is 0.132. The molecule has 0 atom stereocenters. The van der Waals surface area contributed by atoms with Crippen LogP contribution in [0.4, 0.5) is 10.6 Å². The second-order valence-electron chi connectivity index (χ2n) is 6.42. The summed E-state index contributed by atoms with van der Waals surface area (Å²) in [5.41, 5.74) is 2.30. The molecule has 1 aromatic carbocycles. The lowest BCUT2D eigenvalue weighted by Gasteiger charge is -2.27. The van der Waals surface area contributed by atoms with Gasteiger partial charge in [0, 0.05) is 32.4 Å². The van der Waals surface area contributed by atoms with Gasteiger partial charge in [0.1, 0.15) is 5.82 Å². The van der Waals surface area contributed by atoms with Gasteiger partial charge in [-0.3, -0.25) is 0 Å². The Balaban J connectivity index is 1.42. The van der Waals surface area contributed by atoms with Gasteiger partial charge in [-0.25, -0.2) is 9.78 Å². The number of amides is 2. The van der Waals surface area contributed by atoms with Crippen molar-refractivity contribution in [3.63, 3.8) is 0 Å². The summed E-state index contributed by atoms with van der Waals surface area (Å²) in [4.78, 5) is 18.7. The Morgan fingerprint density at radius 2 is 1.80 bits per heavy atom. The Morgan fingerprint density at radius 3 is 2.60 bits per heavy atom. The summed E-state index contributed by atoms with van der Waals surface area (Å²) in [5, 5.41) is 5.82. The molecule has 0 bridgehead atoms. The van der Waals surface area contributed by atoms with E-state index in [4.69, 9.17) is 0 Å². The zero-order valence-electron chi connectivity index (χ0n) is 14.6. The molecule has 1 saturated heterocycles. The summed E-state index contributed by atoms with van der Waals surface area (Å²) in [6.07, 6.45) is 6.43. The van der Waals surface area contributed by atoms with Crippen molar-refractivity contribution < 1.29 is 4.79 Å². The normalized spacial score (nSPS) is 14.2. The number of urea groups is 1. The number of hydrogen-bond donors (Lipinski definition) is 2. The van der Waals surface area contributed by atoms with Crippen molar-refractivity contribution in [3.05, 3.63) is 59.8 Å². The van der Waals surface area contributed by atoms with Crippen molar-refractivity contribution in [1.82, 2.24) is 15.6 Å². The van der Waals surface area contributed by atoms with E-state index in [2.05, 4.69) is 38.7 Å². The number of piperidine rings is 1. The first-order valence-electron chi connectivity index (χ1n) is 9.07. The van der Waals surface area contributed by atoms with E-state index in [9.17, 15) is 4.79 Å². The lowest BCUT2D eigenvalue weighted by Crippen LogP contribution is -2.36. The molecule has 2 N–H and O–H groups in total. The van der Waals surface area contributed by atoms with Crippen molar-refractivity contribution in [2.24, 2.45) is 0 Å². The van der Waals surface area contributed by atoms with Crippen LogP contribution in [-0.4, -0.2) is 30.6 Å². The van der Waals surface area contributed by atoms with Crippen LogP contribution in [0.2, 0.25) is 0 Å². The van der Waals surface area contributed by atoms with Gasteiger partial charge < -0.3 is 15.5 Å². The fraction of sp³-hybridized carbons (Fsp3) is 0.400. The topological polar surface area (TPSA) is 57.3 Å². The van der Waals surface area contributed by atoms with Gasteiger partial charge in [0.05, 0.1) is 0 Å². The highest BCUT2D eigenvalue weighted by atomic mass is 16.2. The first-order valence-corrected chi connectivity index (χ1v) is 9.07. The van der Waals surface area contributed by atoms with Crippen molar-refractivity contribution in [3.8, 4) is 0 Å². The monoisotopic (exact) mass is 338 g/mol. The van der Waals surface area contributed by atoms with Gasteiger partial charge in [0.2, 0.25) is 0 Å². The SMILES string of the molecule is O=C(NCCc1ccccc1)NCc1ccnc(N2CCCCC2)c1. The Bertz CT molecular complexity index is 668. The highest BCUT2D eigenvalue weighted by molar-refractivity contribution is 5.73. The van der Waals surface area contributed by atoms with E-state index in [1.165, 1.54) is 24.8 Å². The molecular weight excluding hydrogens is 312 g/mol.